The first-order valence-electron chi connectivity index (χ1n) is 10.0. The van der Waals surface area contributed by atoms with Crippen LogP contribution in [0.2, 0.25) is 0 Å². The third kappa shape index (κ3) is 4.98. The van der Waals surface area contributed by atoms with Crippen molar-refractivity contribution in [3.05, 3.63) is 63.7 Å². The summed E-state index contributed by atoms with van der Waals surface area (Å²) in [4.78, 5) is 3.32. The standard InChI is InChI=1S/C24H21F4NS/c1-2-3-4-5-15-6-8-18-17(10-15)13-20(25)19(23(18)28)9-7-16-11-21(26)24(29-14-30)22(27)12-16/h11-13,15H,2-6,8,10H2,1H3. The van der Waals surface area contributed by atoms with Gasteiger partial charge in [-0.1, -0.05) is 44.4 Å². The van der Waals surface area contributed by atoms with E-state index in [0.29, 0.717) is 29.9 Å². The van der Waals surface area contributed by atoms with Gasteiger partial charge in [0.05, 0.1) is 10.7 Å². The first-order chi connectivity index (χ1) is 14.4. The number of isothiocyanates is 1. The third-order valence-corrected chi connectivity index (χ3v) is 5.54. The summed E-state index contributed by atoms with van der Waals surface area (Å²) in [6.07, 6.45) is 6.58. The molecule has 0 radical (unpaired) electrons. The van der Waals surface area contributed by atoms with Crippen molar-refractivity contribution >= 4 is 23.1 Å². The Hall–Kier alpha value is -2.48. The van der Waals surface area contributed by atoms with Crippen LogP contribution in [0.5, 0.6) is 0 Å². The van der Waals surface area contributed by atoms with Gasteiger partial charge in [-0.05, 0) is 66.7 Å². The predicted octanol–water partition coefficient (Wildman–Crippen LogP) is 7.06. The highest BCUT2D eigenvalue weighted by Gasteiger charge is 2.24. The first-order valence-corrected chi connectivity index (χ1v) is 10.4. The van der Waals surface area contributed by atoms with E-state index in [-0.39, 0.29) is 11.1 Å². The van der Waals surface area contributed by atoms with E-state index in [0.717, 1.165) is 37.8 Å². The summed E-state index contributed by atoms with van der Waals surface area (Å²) in [6, 6.07) is 3.24. The van der Waals surface area contributed by atoms with Gasteiger partial charge in [0.1, 0.15) is 17.3 Å². The topological polar surface area (TPSA) is 12.4 Å². The summed E-state index contributed by atoms with van der Waals surface area (Å²) >= 11 is 4.35. The fraction of sp³-hybridized carbons (Fsp3) is 0.375. The number of benzene rings is 2. The van der Waals surface area contributed by atoms with Crippen LogP contribution in [0, 0.1) is 41.0 Å². The van der Waals surface area contributed by atoms with E-state index in [9.17, 15) is 17.6 Å². The van der Waals surface area contributed by atoms with Gasteiger partial charge in [0, 0.05) is 5.56 Å². The van der Waals surface area contributed by atoms with Crippen LogP contribution in [-0.4, -0.2) is 5.16 Å². The number of aliphatic imine (C=N–C) groups is 1. The maximum Gasteiger partial charge on any atom is 0.153 e. The zero-order valence-corrected chi connectivity index (χ0v) is 17.4. The predicted molar refractivity (Wildman–Crippen MR) is 113 cm³/mol. The maximum absolute atomic E-state index is 14.9. The van der Waals surface area contributed by atoms with E-state index in [2.05, 4.69) is 36.0 Å². The molecule has 0 amide bonds. The van der Waals surface area contributed by atoms with E-state index in [1.54, 1.807) is 0 Å². The molecule has 0 saturated heterocycles. The average molecular weight is 431 g/mol. The minimum atomic E-state index is -0.975. The summed E-state index contributed by atoms with van der Waals surface area (Å²) < 4.78 is 57.4. The summed E-state index contributed by atoms with van der Waals surface area (Å²) in [6.45, 7) is 2.15. The van der Waals surface area contributed by atoms with Crippen LogP contribution in [0.1, 0.15) is 61.3 Å². The molecule has 0 aromatic heterocycles. The Bertz CT molecular complexity index is 1040. The smallest absolute Gasteiger partial charge is 0.153 e. The van der Waals surface area contributed by atoms with Crippen molar-refractivity contribution in [2.45, 2.75) is 51.9 Å². The van der Waals surface area contributed by atoms with Crippen molar-refractivity contribution in [1.82, 2.24) is 0 Å². The molecular weight excluding hydrogens is 410 g/mol. The van der Waals surface area contributed by atoms with E-state index in [1.165, 1.54) is 12.5 Å². The molecule has 2 aromatic rings. The van der Waals surface area contributed by atoms with E-state index >= 15 is 0 Å². The van der Waals surface area contributed by atoms with Crippen LogP contribution in [0.25, 0.3) is 0 Å². The van der Waals surface area contributed by atoms with Crippen LogP contribution in [0.4, 0.5) is 23.2 Å². The van der Waals surface area contributed by atoms with Gasteiger partial charge in [-0.15, -0.1) is 0 Å². The minimum Gasteiger partial charge on any atom is -0.206 e. The highest BCUT2D eigenvalue weighted by atomic mass is 32.1. The van der Waals surface area contributed by atoms with Crippen molar-refractivity contribution in [1.29, 1.82) is 0 Å². The van der Waals surface area contributed by atoms with Crippen LogP contribution < -0.4 is 0 Å². The second-order valence-electron chi connectivity index (χ2n) is 7.53. The molecule has 0 spiro atoms. The lowest BCUT2D eigenvalue weighted by atomic mass is 9.80. The lowest BCUT2D eigenvalue weighted by Gasteiger charge is -2.25. The van der Waals surface area contributed by atoms with Crippen molar-refractivity contribution < 1.29 is 17.6 Å². The molecule has 1 aliphatic carbocycles. The number of rotatable bonds is 5. The largest absolute Gasteiger partial charge is 0.206 e. The van der Waals surface area contributed by atoms with Gasteiger partial charge in [0.2, 0.25) is 0 Å². The number of nitrogens with zero attached hydrogens (tertiary/aromatic N) is 1. The molecule has 1 unspecified atom stereocenters. The molecular formula is C24H21F4NS. The average Bonchev–Trinajstić information content (AvgIpc) is 2.70. The highest BCUT2D eigenvalue weighted by molar-refractivity contribution is 7.78. The molecule has 6 heteroatoms. The molecule has 0 fully saturated rings. The summed E-state index contributed by atoms with van der Waals surface area (Å²) in [7, 11) is 0. The van der Waals surface area contributed by atoms with E-state index in [4.69, 9.17) is 0 Å². The molecule has 1 aliphatic rings. The Morgan fingerprint density at radius 2 is 1.77 bits per heavy atom. The molecule has 0 aliphatic heterocycles. The Morgan fingerprint density at radius 3 is 2.43 bits per heavy atom. The first kappa shape index (κ1) is 22.2. The summed E-state index contributed by atoms with van der Waals surface area (Å²) in [5.74, 6) is 1.92. The van der Waals surface area contributed by atoms with Gasteiger partial charge < -0.3 is 0 Å². The Kier molecular flexibility index (Phi) is 7.42. The second-order valence-corrected chi connectivity index (χ2v) is 7.71. The number of unbranched alkanes of at least 4 members (excludes halogenated alkanes) is 2. The molecule has 1 nitrogen and oxygen atoms in total. The maximum atomic E-state index is 14.9. The van der Waals surface area contributed by atoms with E-state index in [1.807, 2.05) is 5.16 Å². The number of hydrogen-bond donors (Lipinski definition) is 0. The second kappa shape index (κ2) is 10.0. The van der Waals surface area contributed by atoms with Crippen molar-refractivity contribution in [3.8, 4) is 11.8 Å². The van der Waals surface area contributed by atoms with Crippen LogP contribution in [0.3, 0.4) is 0 Å². The zero-order chi connectivity index (χ0) is 21.7. The fourth-order valence-electron chi connectivity index (χ4n) is 3.89. The van der Waals surface area contributed by atoms with Crippen molar-refractivity contribution in [2.75, 3.05) is 0 Å². The Balaban J connectivity index is 1.87. The molecule has 1 atom stereocenters. The number of fused-ring (bicyclic) bond motifs is 1. The number of halogens is 4. The van der Waals surface area contributed by atoms with Gasteiger partial charge >= 0.3 is 0 Å². The van der Waals surface area contributed by atoms with Crippen molar-refractivity contribution in [2.24, 2.45) is 10.9 Å². The monoisotopic (exact) mass is 431 g/mol. The van der Waals surface area contributed by atoms with Crippen molar-refractivity contribution in [3.63, 3.8) is 0 Å². The van der Waals surface area contributed by atoms with Crippen LogP contribution in [-0.2, 0) is 12.8 Å². The molecule has 30 heavy (non-hydrogen) atoms. The number of hydrogen-bond acceptors (Lipinski definition) is 2. The molecule has 0 N–H and O–H groups in total. The Morgan fingerprint density at radius 1 is 1.03 bits per heavy atom. The molecule has 0 heterocycles. The lowest BCUT2D eigenvalue weighted by molar-refractivity contribution is 0.399. The molecule has 0 bridgehead atoms. The minimum absolute atomic E-state index is 0.0548. The molecule has 0 saturated carbocycles. The van der Waals surface area contributed by atoms with Gasteiger partial charge in [-0.3, -0.25) is 0 Å². The van der Waals surface area contributed by atoms with Gasteiger partial charge in [0.25, 0.3) is 0 Å². The van der Waals surface area contributed by atoms with Gasteiger partial charge in [-0.2, -0.15) is 4.99 Å². The molecule has 2 aromatic carbocycles. The summed E-state index contributed by atoms with van der Waals surface area (Å²) in [5.41, 5.74) is 0.189. The van der Waals surface area contributed by atoms with Gasteiger partial charge in [-0.25, -0.2) is 17.6 Å². The van der Waals surface area contributed by atoms with Gasteiger partial charge in [0.15, 0.2) is 11.6 Å². The quantitative estimate of drug-likeness (QED) is 0.162. The fourth-order valence-corrected chi connectivity index (χ4v) is 3.98. The normalized spacial score (nSPS) is 15.0. The molecule has 156 valence electrons. The Labute approximate surface area is 179 Å². The number of thiocarbonyl (C=S) groups is 1. The lowest BCUT2D eigenvalue weighted by Crippen LogP contribution is -2.17. The zero-order valence-electron chi connectivity index (χ0n) is 16.6. The SMILES string of the molecule is CCCCCC1CCc2c(cc(F)c(C#Cc3cc(F)c(N=C=S)c(F)c3)c2F)C1. The highest BCUT2D eigenvalue weighted by Crippen LogP contribution is 2.33. The third-order valence-electron chi connectivity index (χ3n) is 5.45. The molecule has 3 rings (SSSR count). The summed E-state index contributed by atoms with van der Waals surface area (Å²) in [5, 5.41) is 1.90. The van der Waals surface area contributed by atoms with Crippen LogP contribution in [0.15, 0.2) is 23.2 Å². The van der Waals surface area contributed by atoms with E-state index < -0.39 is 29.0 Å². The van der Waals surface area contributed by atoms with Crippen LogP contribution >= 0.6 is 12.2 Å².